The summed E-state index contributed by atoms with van der Waals surface area (Å²) >= 11 is 0. The van der Waals surface area contributed by atoms with Crippen LogP contribution in [0.25, 0.3) is 0 Å². The van der Waals surface area contributed by atoms with E-state index in [0.29, 0.717) is 18.7 Å². The fraction of sp³-hybridized carbons (Fsp3) is 0.458. The van der Waals surface area contributed by atoms with E-state index in [4.69, 9.17) is 0 Å². The maximum absolute atomic E-state index is 14.1. The van der Waals surface area contributed by atoms with Crippen molar-refractivity contribution in [2.45, 2.75) is 38.8 Å². The van der Waals surface area contributed by atoms with E-state index in [0.717, 1.165) is 25.1 Å². The molecule has 3 atom stereocenters. The molecule has 0 N–H and O–H groups in total. The first-order valence-electron chi connectivity index (χ1n) is 10.5. The minimum atomic E-state index is -0.247. The number of carbonyl (C=O) groups is 1. The van der Waals surface area contributed by atoms with Crippen molar-refractivity contribution < 1.29 is 13.6 Å². The van der Waals surface area contributed by atoms with Gasteiger partial charge in [0.25, 0.3) is 0 Å². The number of hydrogen-bond donors (Lipinski definition) is 0. The molecule has 2 saturated heterocycles. The normalized spacial score (nSPS) is 24.7. The number of nitrogens with zero attached hydrogens (tertiary/aromatic N) is 2. The van der Waals surface area contributed by atoms with Crippen molar-refractivity contribution in [1.82, 2.24) is 9.80 Å². The number of likely N-dealkylation sites (tertiary alicyclic amines) is 2. The lowest BCUT2D eigenvalue weighted by Gasteiger charge is -2.39. The molecular weight excluding hydrogens is 370 g/mol. The first-order chi connectivity index (χ1) is 13.9. The summed E-state index contributed by atoms with van der Waals surface area (Å²) in [6.07, 6.45) is 0.884. The second-order valence-corrected chi connectivity index (χ2v) is 8.65. The number of benzene rings is 2. The number of amides is 1. The highest BCUT2D eigenvalue weighted by Crippen LogP contribution is 2.42. The Morgan fingerprint density at radius 3 is 2.48 bits per heavy atom. The van der Waals surface area contributed by atoms with Gasteiger partial charge in [-0.1, -0.05) is 44.2 Å². The average molecular weight is 398 g/mol. The summed E-state index contributed by atoms with van der Waals surface area (Å²) in [4.78, 5) is 17.2. The SMILES string of the molecule is CC(C)C(=O)N1C[C@H](c2ccc(F)cc2)[C@H]2CN(Cc3ccccc3F)CC[C@H]21. The van der Waals surface area contributed by atoms with E-state index in [9.17, 15) is 13.6 Å². The van der Waals surface area contributed by atoms with Gasteiger partial charge >= 0.3 is 0 Å². The van der Waals surface area contributed by atoms with E-state index in [-0.39, 0.29) is 41.3 Å². The fourth-order valence-electron chi connectivity index (χ4n) is 4.96. The van der Waals surface area contributed by atoms with Crippen LogP contribution < -0.4 is 0 Å². The zero-order chi connectivity index (χ0) is 20.5. The predicted molar refractivity (Wildman–Crippen MR) is 109 cm³/mol. The van der Waals surface area contributed by atoms with Gasteiger partial charge in [0, 0.05) is 55.5 Å². The summed E-state index contributed by atoms with van der Waals surface area (Å²) < 4.78 is 27.6. The molecule has 154 valence electrons. The summed E-state index contributed by atoms with van der Waals surface area (Å²) in [5.74, 6) is 0.164. The van der Waals surface area contributed by atoms with Crippen LogP contribution in [0.1, 0.15) is 37.3 Å². The van der Waals surface area contributed by atoms with Gasteiger partial charge in [-0.05, 0) is 30.2 Å². The van der Waals surface area contributed by atoms with Crippen molar-refractivity contribution in [1.29, 1.82) is 0 Å². The highest BCUT2D eigenvalue weighted by Gasteiger charge is 2.47. The fourth-order valence-corrected chi connectivity index (χ4v) is 4.96. The number of hydrogen-bond acceptors (Lipinski definition) is 2. The van der Waals surface area contributed by atoms with Gasteiger partial charge in [0.2, 0.25) is 5.91 Å². The molecule has 4 rings (SSSR count). The van der Waals surface area contributed by atoms with E-state index < -0.39 is 0 Å². The van der Waals surface area contributed by atoms with E-state index in [2.05, 4.69) is 4.90 Å². The Kier molecular flexibility index (Phi) is 5.68. The van der Waals surface area contributed by atoms with Crippen molar-refractivity contribution in [3.63, 3.8) is 0 Å². The summed E-state index contributed by atoms with van der Waals surface area (Å²) in [7, 11) is 0. The molecule has 2 aromatic rings. The molecule has 5 heteroatoms. The summed E-state index contributed by atoms with van der Waals surface area (Å²) in [5, 5.41) is 0. The van der Waals surface area contributed by atoms with Crippen LogP contribution in [0, 0.1) is 23.5 Å². The van der Waals surface area contributed by atoms with Gasteiger partial charge in [0.15, 0.2) is 0 Å². The topological polar surface area (TPSA) is 23.6 Å². The number of rotatable bonds is 4. The van der Waals surface area contributed by atoms with Crippen LogP contribution in [-0.4, -0.2) is 41.4 Å². The minimum Gasteiger partial charge on any atom is -0.338 e. The van der Waals surface area contributed by atoms with Gasteiger partial charge in [0.05, 0.1) is 0 Å². The number of piperidine rings is 1. The Hall–Kier alpha value is -2.27. The molecule has 2 aliphatic rings. The third-order valence-electron chi connectivity index (χ3n) is 6.44. The molecule has 0 radical (unpaired) electrons. The second-order valence-electron chi connectivity index (χ2n) is 8.65. The Morgan fingerprint density at radius 2 is 1.79 bits per heavy atom. The zero-order valence-corrected chi connectivity index (χ0v) is 17.0. The molecule has 3 nitrogen and oxygen atoms in total. The average Bonchev–Trinajstić information content (AvgIpc) is 3.08. The monoisotopic (exact) mass is 398 g/mol. The van der Waals surface area contributed by atoms with Gasteiger partial charge in [-0.25, -0.2) is 8.78 Å². The standard InChI is InChI=1S/C24H28F2N2O/c1-16(2)24(29)28-15-20(17-7-9-19(25)10-8-17)21-14-27(12-11-23(21)28)13-18-5-3-4-6-22(18)26/h3-10,16,20-21,23H,11-15H2,1-2H3/t20-,21-,23-/m1/s1. The maximum atomic E-state index is 14.1. The lowest BCUT2D eigenvalue weighted by atomic mass is 9.81. The largest absolute Gasteiger partial charge is 0.338 e. The quantitative estimate of drug-likeness (QED) is 0.760. The van der Waals surface area contributed by atoms with Crippen LogP contribution in [0.5, 0.6) is 0 Å². The van der Waals surface area contributed by atoms with Crippen LogP contribution in [0.2, 0.25) is 0 Å². The highest BCUT2D eigenvalue weighted by molar-refractivity contribution is 5.79. The second kappa shape index (κ2) is 8.23. The lowest BCUT2D eigenvalue weighted by Crippen LogP contribution is -2.48. The lowest BCUT2D eigenvalue weighted by molar-refractivity contribution is -0.136. The van der Waals surface area contributed by atoms with Crippen LogP contribution in [0.3, 0.4) is 0 Å². The summed E-state index contributed by atoms with van der Waals surface area (Å²) in [5.41, 5.74) is 1.78. The van der Waals surface area contributed by atoms with Gasteiger partial charge in [-0.15, -0.1) is 0 Å². The molecule has 29 heavy (non-hydrogen) atoms. The van der Waals surface area contributed by atoms with Crippen molar-refractivity contribution in [2.75, 3.05) is 19.6 Å². The minimum absolute atomic E-state index is 0.0425. The Bertz CT molecular complexity index is 867. The Morgan fingerprint density at radius 1 is 1.07 bits per heavy atom. The molecule has 2 aromatic carbocycles. The molecule has 0 unspecified atom stereocenters. The van der Waals surface area contributed by atoms with Crippen molar-refractivity contribution in [3.05, 3.63) is 71.3 Å². The van der Waals surface area contributed by atoms with Crippen LogP contribution in [0.15, 0.2) is 48.5 Å². The van der Waals surface area contributed by atoms with Gasteiger partial charge in [-0.2, -0.15) is 0 Å². The third-order valence-corrected chi connectivity index (χ3v) is 6.44. The van der Waals surface area contributed by atoms with E-state index in [1.54, 1.807) is 6.07 Å². The number of fused-ring (bicyclic) bond motifs is 1. The predicted octanol–water partition coefficient (Wildman–Crippen LogP) is 4.44. The van der Waals surface area contributed by atoms with Crippen LogP contribution >= 0.6 is 0 Å². The highest BCUT2D eigenvalue weighted by atomic mass is 19.1. The van der Waals surface area contributed by atoms with Gasteiger partial charge in [-0.3, -0.25) is 9.69 Å². The summed E-state index contributed by atoms with van der Waals surface area (Å²) in [6, 6.07) is 13.8. The number of halogens is 2. The molecule has 0 aromatic heterocycles. The van der Waals surface area contributed by atoms with Gasteiger partial charge < -0.3 is 4.90 Å². The third kappa shape index (κ3) is 4.06. The molecular formula is C24H28F2N2O. The molecule has 2 heterocycles. The van der Waals surface area contributed by atoms with Crippen molar-refractivity contribution in [2.24, 2.45) is 11.8 Å². The Labute approximate surface area is 171 Å². The first-order valence-corrected chi connectivity index (χ1v) is 10.5. The molecule has 2 aliphatic heterocycles. The van der Waals surface area contributed by atoms with Crippen molar-refractivity contribution >= 4 is 5.91 Å². The van der Waals surface area contributed by atoms with E-state index >= 15 is 0 Å². The van der Waals surface area contributed by atoms with E-state index in [1.165, 1.54) is 18.2 Å². The summed E-state index contributed by atoms with van der Waals surface area (Å²) in [6.45, 7) is 6.78. The maximum Gasteiger partial charge on any atom is 0.225 e. The van der Waals surface area contributed by atoms with Gasteiger partial charge in [0.1, 0.15) is 11.6 Å². The smallest absolute Gasteiger partial charge is 0.225 e. The molecule has 0 saturated carbocycles. The molecule has 0 spiro atoms. The van der Waals surface area contributed by atoms with Crippen molar-refractivity contribution in [3.8, 4) is 0 Å². The molecule has 2 fully saturated rings. The number of carbonyl (C=O) groups excluding carboxylic acids is 1. The molecule has 0 bridgehead atoms. The Balaban J connectivity index is 1.58. The molecule has 0 aliphatic carbocycles. The van der Waals surface area contributed by atoms with Crippen LogP contribution in [-0.2, 0) is 11.3 Å². The van der Waals surface area contributed by atoms with Crippen LogP contribution in [0.4, 0.5) is 8.78 Å². The zero-order valence-electron chi connectivity index (χ0n) is 17.0. The van der Waals surface area contributed by atoms with E-state index in [1.807, 2.05) is 43.0 Å². The molecule has 1 amide bonds. The first kappa shape index (κ1) is 20.0.